The highest BCUT2D eigenvalue weighted by Crippen LogP contribution is 2.21. The van der Waals surface area contributed by atoms with Crippen molar-refractivity contribution in [3.8, 4) is 0 Å². The molecular formula is C11H13NO4. The van der Waals surface area contributed by atoms with Crippen LogP contribution in [0.1, 0.15) is 24.2 Å². The highest BCUT2D eigenvalue weighted by atomic mass is 16.4. The van der Waals surface area contributed by atoms with Gasteiger partial charge in [-0.05, 0) is 30.2 Å². The van der Waals surface area contributed by atoms with Crippen LogP contribution < -0.4 is 5.73 Å². The summed E-state index contributed by atoms with van der Waals surface area (Å²) in [6, 6.07) is 4.42. The maximum absolute atomic E-state index is 11.0. The molecule has 1 unspecified atom stereocenters. The molecule has 1 rings (SSSR count). The minimum Gasteiger partial charge on any atom is -0.479 e. The number of hydrogen-bond donors (Lipinski definition) is 3. The summed E-state index contributed by atoms with van der Waals surface area (Å²) >= 11 is 0. The molecule has 0 aliphatic rings. The first-order chi connectivity index (χ1) is 7.41. The molecule has 0 radical (unpaired) electrons. The van der Waals surface area contributed by atoms with Crippen molar-refractivity contribution in [2.45, 2.75) is 19.4 Å². The smallest absolute Gasteiger partial charge is 0.337 e. The maximum atomic E-state index is 11.0. The molecule has 0 spiro atoms. The Balaban J connectivity index is 3.16. The third-order valence-corrected chi connectivity index (χ3v) is 2.13. The second-order valence-corrected chi connectivity index (χ2v) is 3.58. The van der Waals surface area contributed by atoms with Gasteiger partial charge in [-0.1, -0.05) is 6.07 Å². The van der Waals surface area contributed by atoms with E-state index < -0.39 is 12.1 Å². The zero-order valence-electron chi connectivity index (χ0n) is 8.80. The average Bonchev–Trinajstić information content (AvgIpc) is 2.15. The van der Waals surface area contributed by atoms with E-state index in [9.17, 15) is 14.7 Å². The standard InChI is InChI=1S/C11H13NO4/c1-6(13)4-7-5-8(12)2-3-9(7)10(14)11(15)16/h2-3,5,10,14H,4,12H2,1H3,(H,15,16). The molecule has 0 fully saturated rings. The number of carbonyl (C=O) groups excluding carboxylic acids is 1. The summed E-state index contributed by atoms with van der Waals surface area (Å²) in [4.78, 5) is 21.7. The van der Waals surface area contributed by atoms with E-state index in [4.69, 9.17) is 10.8 Å². The number of carboxylic acids is 1. The van der Waals surface area contributed by atoms with Crippen molar-refractivity contribution in [2.24, 2.45) is 0 Å². The van der Waals surface area contributed by atoms with E-state index in [1.54, 1.807) is 0 Å². The van der Waals surface area contributed by atoms with Crippen LogP contribution in [0.5, 0.6) is 0 Å². The summed E-state index contributed by atoms with van der Waals surface area (Å²) in [6.45, 7) is 1.39. The van der Waals surface area contributed by atoms with E-state index in [1.165, 1.54) is 25.1 Å². The van der Waals surface area contributed by atoms with Crippen molar-refractivity contribution in [1.82, 2.24) is 0 Å². The van der Waals surface area contributed by atoms with E-state index >= 15 is 0 Å². The van der Waals surface area contributed by atoms with Crippen molar-refractivity contribution in [2.75, 3.05) is 5.73 Å². The third kappa shape index (κ3) is 2.80. The number of carbonyl (C=O) groups is 2. The normalized spacial score (nSPS) is 12.1. The van der Waals surface area contributed by atoms with Gasteiger partial charge in [-0.25, -0.2) is 4.79 Å². The van der Waals surface area contributed by atoms with E-state index in [-0.39, 0.29) is 17.8 Å². The number of aliphatic carboxylic acids is 1. The predicted molar refractivity (Wildman–Crippen MR) is 57.8 cm³/mol. The van der Waals surface area contributed by atoms with Crippen LogP contribution in [0.2, 0.25) is 0 Å². The molecule has 0 aliphatic carbocycles. The van der Waals surface area contributed by atoms with Crippen LogP contribution in [0.15, 0.2) is 18.2 Å². The van der Waals surface area contributed by atoms with Crippen LogP contribution in [-0.4, -0.2) is 22.0 Å². The summed E-state index contributed by atoms with van der Waals surface area (Å²) in [5.74, 6) is -1.47. The van der Waals surface area contributed by atoms with Gasteiger partial charge in [0.2, 0.25) is 0 Å². The molecule has 0 saturated heterocycles. The second kappa shape index (κ2) is 4.76. The van der Waals surface area contributed by atoms with Crippen LogP contribution >= 0.6 is 0 Å². The van der Waals surface area contributed by atoms with Gasteiger partial charge in [0, 0.05) is 12.1 Å². The number of rotatable bonds is 4. The van der Waals surface area contributed by atoms with Gasteiger partial charge >= 0.3 is 5.97 Å². The molecule has 1 atom stereocenters. The van der Waals surface area contributed by atoms with E-state index in [0.717, 1.165) is 0 Å². The van der Waals surface area contributed by atoms with Gasteiger partial charge in [0.1, 0.15) is 5.78 Å². The Morgan fingerprint density at radius 2 is 2.06 bits per heavy atom. The highest BCUT2D eigenvalue weighted by molar-refractivity contribution is 5.81. The third-order valence-electron chi connectivity index (χ3n) is 2.13. The van der Waals surface area contributed by atoms with Crippen molar-refractivity contribution >= 4 is 17.4 Å². The number of nitrogens with two attached hydrogens (primary N) is 1. The summed E-state index contributed by atoms with van der Waals surface area (Å²) in [7, 11) is 0. The van der Waals surface area contributed by atoms with E-state index in [1.807, 2.05) is 0 Å². The molecule has 0 saturated carbocycles. The first-order valence-electron chi connectivity index (χ1n) is 4.70. The molecule has 16 heavy (non-hydrogen) atoms. The molecule has 0 heterocycles. The Morgan fingerprint density at radius 1 is 1.44 bits per heavy atom. The van der Waals surface area contributed by atoms with Gasteiger partial charge in [-0.2, -0.15) is 0 Å². The zero-order chi connectivity index (χ0) is 12.3. The number of Topliss-reactive ketones (excluding diaryl/α,β-unsaturated/α-hetero) is 1. The average molecular weight is 223 g/mol. The maximum Gasteiger partial charge on any atom is 0.337 e. The predicted octanol–water partition coefficient (Wildman–Crippen LogP) is 0.518. The molecule has 0 bridgehead atoms. The van der Waals surface area contributed by atoms with Crippen LogP contribution in [0, 0.1) is 0 Å². The lowest BCUT2D eigenvalue weighted by atomic mass is 9.98. The largest absolute Gasteiger partial charge is 0.479 e. The monoisotopic (exact) mass is 223 g/mol. The molecular weight excluding hydrogens is 210 g/mol. The molecule has 5 heteroatoms. The van der Waals surface area contributed by atoms with Crippen molar-refractivity contribution in [3.63, 3.8) is 0 Å². The Labute approximate surface area is 92.5 Å². The van der Waals surface area contributed by atoms with Crippen molar-refractivity contribution < 1.29 is 19.8 Å². The quantitative estimate of drug-likeness (QED) is 0.646. The Kier molecular flexibility index (Phi) is 3.63. The number of anilines is 1. The fraction of sp³-hybridized carbons (Fsp3) is 0.273. The lowest BCUT2D eigenvalue weighted by Gasteiger charge is -2.12. The van der Waals surface area contributed by atoms with Crippen LogP contribution in [0.3, 0.4) is 0 Å². The van der Waals surface area contributed by atoms with Gasteiger partial charge in [0.25, 0.3) is 0 Å². The number of nitrogen functional groups attached to an aromatic ring is 1. The number of benzene rings is 1. The zero-order valence-corrected chi connectivity index (χ0v) is 8.80. The Morgan fingerprint density at radius 3 is 2.56 bits per heavy atom. The summed E-state index contributed by atoms with van der Waals surface area (Å²) < 4.78 is 0. The van der Waals surface area contributed by atoms with Gasteiger partial charge < -0.3 is 15.9 Å². The van der Waals surface area contributed by atoms with Gasteiger partial charge in [-0.3, -0.25) is 4.79 Å². The van der Waals surface area contributed by atoms with Gasteiger partial charge in [-0.15, -0.1) is 0 Å². The van der Waals surface area contributed by atoms with Crippen LogP contribution in [0.25, 0.3) is 0 Å². The first-order valence-corrected chi connectivity index (χ1v) is 4.70. The van der Waals surface area contributed by atoms with E-state index in [2.05, 4.69) is 0 Å². The van der Waals surface area contributed by atoms with Crippen LogP contribution in [0.4, 0.5) is 5.69 Å². The molecule has 0 aromatic heterocycles. The minimum atomic E-state index is -1.63. The molecule has 1 aromatic rings. The lowest BCUT2D eigenvalue weighted by Crippen LogP contribution is -2.14. The number of aliphatic hydroxyl groups excluding tert-OH is 1. The van der Waals surface area contributed by atoms with Gasteiger partial charge in [0.15, 0.2) is 6.10 Å². The minimum absolute atomic E-state index is 0.0602. The SMILES string of the molecule is CC(=O)Cc1cc(N)ccc1C(O)C(=O)O. The van der Waals surface area contributed by atoms with Crippen LogP contribution in [-0.2, 0) is 16.0 Å². The number of ketones is 1. The molecule has 0 amide bonds. The lowest BCUT2D eigenvalue weighted by molar-refractivity contribution is -0.147. The summed E-state index contributed by atoms with van der Waals surface area (Å²) in [5.41, 5.74) is 6.62. The summed E-state index contributed by atoms with van der Waals surface area (Å²) in [6.07, 6.45) is -1.57. The topological polar surface area (TPSA) is 101 Å². The molecule has 1 aromatic carbocycles. The van der Waals surface area contributed by atoms with E-state index in [0.29, 0.717) is 11.3 Å². The fourth-order valence-corrected chi connectivity index (χ4v) is 1.45. The second-order valence-electron chi connectivity index (χ2n) is 3.58. The fourth-order valence-electron chi connectivity index (χ4n) is 1.45. The Bertz CT molecular complexity index is 428. The Hall–Kier alpha value is -1.88. The highest BCUT2D eigenvalue weighted by Gasteiger charge is 2.19. The molecule has 4 N–H and O–H groups in total. The number of aliphatic hydroxyl groups is 1. The van der Waals surface area contributed by atoms with Gasteiger partial charge in [0.05, 0.1) is 0 Å². The molecule has 86 valence electrons. The first kappa shape index (κ1) is 12.2. The number of carboxylic acid groups (broad SMARTS) is 1. The van der Waals surface area contributed by atoms with Crippen molar-refractivity contribution in [3.05, 3.63) is 29.3 Å². The number of hydrogen-bond acceptors (Lipinski definition) is 4. The molecule has 5 nitrogen and oxygen atoms in total. The molecule has 0 aliphatic heterocycles. The van der Waals surface area contributed by atoms with Crippen molar-refractivity contribution in [1.29, 1.82) is 0 Å². The summed E-state index contributed by atoms with van der Waals surface area (Å²) in [5, 5.41) is 18.1.